The van der Waals surface area contributed by atoms with E-state index < -0.39 is 0 Å². The minimum atomic E-state index is -0.292. The fourth-order valence-corrected chi connectivity index (χ4v) is 2.07. The van der Waals surface area contributed by atoms with Gasteiger partial charge in [-0.3, -0.25) is 4.79 Å². The third-order valence-corrected chi connectivity index (χ3v) is 3.23. The van der Waals surface area contributed by atoms with Gasteiger partial charge in [-0.1, -0.05) is 31.1 Å². The SMILES string of the molecule is CC(C)C(NC(=O)Cc1ccc(OCC#N)cc1)c1ncon1. The number of amides is 1. The van der Waals surface area contributed by atoms with Crippen molar-refractivity contribution < 1.29 is 14.1 Å². The molecular formula is C16H18N4O3. The highest BCUT2D eigenvalue weighted by Gasteiger charge is 2.22. The van der Waals surface area contributed by atoms with E-state index in [0.29, 0.717) is 11.6 Å². The smallest absolute Gasteiger partial charge is 0.225 e. The van der Waals surface area contributed by atoms with Crippen LogP contribution in [0.4, 0.5) is 0 Å². The van der Waals surface area contributed by atoms with Gasteiger partial charge in [0.15, 0.2) is 12.4 Å². The highest BCUT2D eigenvalue weighted by atomic mass is 16.5. The summed E-state index contributed by atoms with van der Waals surface area (Å²) in [7, 11) is 0. The maximum absolute atomic E-state index is 12.2. The van der Waals surface area contributed by atoms with Gasteiger partial charge in [-0.15, -0.1) is 0 Å². The summed E-state index contributed by atoms with van der Waals surface area (Å²) in [6, 6.07) is 8.67. The number of benzene rings is 1. The Morgan fingerprint density at radius 1 is 1.39 bits per heavy atom. The minimum absolute atomic E-state index is 0.000597. The van der Waals surface area contributed by atoms with Crippen molar-refractivity contribution in [2.45, 2.75) is 26.3 Å². The lowest BCUT2D eigenvalue weighted by Crippen LogP contribution is -2.33. The molecule has 0 fully saturated rings. The quantitative estimate of drug-likeness (QED) is 0.839. The first-order chi connectivity index (χ1) is 11.1. The average Bonchev–Trinajstić information content (AvgIpc) is 3.05. The zero-order chi connectivity index (χ0) is 16.7. The number of hydrogen-bond acceptors (Lipinski definition) is 6. The second-order valence-corrected chi connectivity index (χ2v) is 5.35. The van der Waals surface area contributed by atoms with Gasteiger partial charge in [0, 0.05) is 0 Å². The second-order valence-electron chi connectivity index (χ2n) is 5.35. The molecule has 0 saturated carbocycles. The Morgan fingerprint density at radius 2 is 2.13 bits per heavy atom. The maximum Gasteiger partial charge on any atom is 0.225 e. The van der Waals surface area contributed by atoms with Crippen LogP contribution in [0.5, 0.6) is 5.75 Å². The van der Waals surface area contributed by atoms with Crippen molar-refractivity contribution in [3.8, 4) is 11.8 Å². The molecule has 2 aromatic rings. The molecule has 7 nitrogen and oxygen atoms in total. The summed E-state index contributed by atoms with van der Waals surface area (Å²) in [6.07, 6.45) is 1.48. The lowest BCUT2D eigenvalue weighted by atomic mass is 10.0. The van der Waals surface area contributed by atoms with E-state index in [0.717, 1.165) is 5.56 Å². The Bertz CT molecular complexity index is 660. The number of carbonyl (C=O) groups excluding carboxylic acids is 1. The summed E-state index contributed by atoms with van der Waals surface area (Å²) in [5.74, 6) is 1.08. The number of nitrogens with one attached hydrogen (secondary N) is 1. The van der Waals surface area contributed by atoms with E-state index in [-0.39, 0.29) is 30.9 Å². The van der Waals surface area contributed by atoms with E-state index >= 15 is 0 Å². The Balaban J connectivity index is 1.94. The van der Waals surface area contributed by atoms with Gasteiger partial charge in [-0.25, -0.2) is 0 Å². The first-order valence-corrected chi connectivity index (χ1v) is 7.24. The minimum Gasteiger partial charge on any atom is -0.479 e. The van der Waals surface area contributed by atoms with E-state index in [2.05, 4.69) is 15.5 Å². The predicted molar refractivity (Wildman–Crippen MR) is 81.3 cm³/mol. The number of carbonyl (C=O) groups is 1. The van der Waals surface area contributed by atoms with Crippen LogP contribution in [0, 0.1) is 17.2 Å². The van der Waals surface area contributed by atoms with Crippen molar-refractivity contribution >= 4 is 5.91 Å². The van der Waals surface area contributed by atoms with Crippen molar-refractivity contribution in [3.63, 3.8) is 0 Å². The molecule has 0 spiro atoms. The van der Waals surface area contributed by atoms with Crippen LogP contribution >= 0.6 is 0 Å². The van der Waals surface area contributed by atoms with Crippen LogP contribution < -0.4 is 10.1 Å². The van der Waals surface area contributed by atoms with E-state index in [9.17, 15) is 4.79 Å². The van der Waals surface area contributed by atoms with Gasteiger partial charge >= 0.3 is 0 Å². The second kappa shape index (κ2) is 7.94. The van der Waals surface area contributed by atoms with Crippen molar-refractivity contribution in [2.24, 2.45) is 5.92 Å². The molecule has 1 atom stereocenters. The molecule has 0 radical (unpaired) electrons. The van der Waals surface area contributed by atoms with Crippen LogP contribution in [-0.2, 0) is 11.2 Å². The van der Waals surface area contributed by atoms with Crippen LogP contribution in [0.1, 0.15) is 31.3 Å². The zero-order valence-corrected chi connectivity index (χ0v) is 13.0. The lowest BCUT2D eigenvalue weighted by Gasteiger charge is -2.19. The van der Waals surface area contributed by atoms with Gasteiger partial charge in [0.2, 0.25) is 12.3 Å². The molecule has 0 saturated heterocycles. The van der Waals surface area contributed by atoms with Crippen LogP contribution in [-0.4, -0.2) is 22.7 Å². The normalized spacial score (nSPS) is 11.7. The highest BCUT2D eigenvalue weighted by Crippen LogP contribution is 2.18. The van der Waals surface area contributed by atoms with Crippen molar-refractivity contribution in [3.05, 3.63) is 42.0 Å². The van der Waals surface area contributed by atoms with Gasteiger partial charge in [0.25, 0.3) is 0 Å². The Labute approximate surface area is 134 Å². The highest BCUT2D eigenvalue weighted by molar-refractivity contribution is 5.79. The zero-order valence-electron chi connectivity index (χ0n) is 13.0. The van der Waals surface area contributed by atoms with Gasteiger partial charge in [0.1, 0.15) is 11.8 Å². The van der Waals surface area contributed by atoms with Gasteiger partial charge in [-0.2, -0.15) is 10.2 Å². The number of aromatic nitrogens is 2. The molecule has 1 heterocycles. The lowest BCUT2D eigenvalue weighted by molar-refractivity contribution is -0.121. The maximum atomic E-state index is 12.2. The topological polar surface area (TPSA) is 101 Å². The van der Waals surface area contributed by atoms with E-state index in [1.54, 1.807) is 24.3 Å². The molecule has 1 N–H and O–H groups in total. The summed E-state index contributed by atoms with van der Waals surface area (Å²) >= 11 is 0. The molecule has 120 valence electrons. The summed E-state index contributed by atoms with van der Waals surface area (Å²) in [5, 5.41) is 15.2. The summed E-state index contributed by atoms with van der Waals surface area (Å²) in [5.41, 5.74) is 0.849. The molecule has 0 aliphatic carbocycles. The molecule has 1 aromatic heterocycles. The Morgan fingerprint density at radius 3 is 2.70 bits per heavy atom. The van der Waals surface area contributed by atoms with Crippen LogP contribution in [0.3, 0.4) is 0 Å². The number of hydrogen-bond donors (Lipinski definition) is 1. The first-order valence-electron chi connectivity index (χ1n) is 7.24. The van der Waals surface area contributed by atoms with Gasteiger partial charge in [-0.05, 0) is 23.6 Å². The largest absolute Gasteiger partial charge is 0.479 e. The summed E-state index contributed by atoms with van der Waals surface area (Å²) in [6.45, 7) is 3.95. The molecule has 0 aliphatic rings. The number of nitriles is 1. The van der Waals surface area contributed by atoms with Crippen molar-refractivity contribution in [1.82, 2.24) is 15.5 Å². The molecule has 1 unspecified atom stereocenters. The van der Waals surface area contributed by atoms with Crippen molar-refractivity contribution in [2.75, 3.05) is 6.61 Å². The molecule has 0 bridgehead atoms. The van der Waals surface area contributed by atoms with Crippen LogP contribution in [0.25, 0.3) is 0 Å². The fraction of sp³-hybridized carbons (Fsp3) is 0.375. The monoisotopic (exact) mass is 314 g/mol. The molecular weight excluding hydrogens is 296 g/mol. The Hall–Kier alpha value is -2.88. The van der Waals surface area contributed by atoms with Crippen molar-refractivity contribution in [1.29, 1.82) is 5.26 Å². The third-order valence-electron chi connectivity index (χ3n) is 3.23. The molecule has 23 heavy (non-hydrogen) atoms. The van der Waals surface area contributed by atoms with Crippen LogP contribution in [0.15, 0.2) is 35.2 Å². The third kappa shape index (κ3) is 4.81. The molecule has 1 aromatic carbocycles. The molecule has 2 rings (SSSR count). The Kier molecular flexibility index (Phi) is 5.69. The fourth-order valence-electron chi connectivity index (χ4n) is 2.07. The standard InChI is InChI=1S/C16H18N4O3/c1-11(2)15(16-18-10-23-20-16)19-14(21)9-12-3-5-13(6-4-12)22-8-7-17/h3-6,10-11,15H,8-9H2,1-2H3,(H,19,21). The summed E-state index contributed by atoms with van der Waals surface area (Å²) in [4.78, 5) is 16.2. The molecule has 1 amide bonds. The van der Waals surface area contributed by atoms with E-state index in [1.165, 1.54) is 6.39 Å². The van der Waals surface area contributed by atoms with Gasteiger partial charge < -0.3 is 14.6 Å². The number of ether oxygens (including phenoxy) is 1. The van der Waals surface area contributed by atoms with E-state index in [1.807, 2.05) is 19.9 Å². The number of rotatable bonds is 7. The predicted octanol–water partition coefficient (Wildman–Crippen LogP) is 2.03. The summed E-state index contributed by atoms with van der Waals surface area (Å²) < 4.78 is 9.91. The molecule has 0 aliphatic heterocycles. The molecule has 7 heteroatoms. The first kappa shape index (κ1) is 16.5. The number of nitrogens with zero attached hydrogens (tertiary/aromatic N) is 3. The van der Waals surface area contributed by atoms with Gasteiger partial charge in [0.05, 0.1) is 12.5 Å². The van der Waals surface area contributed by atoms with Crippen LogP contribution in [0.2, 0.25) is 0 Å². The average molecular weight is 314 g/mol. The van der Waals surface area contributed by atoms with E-state index in [4.69, 9.17) is 14.5 Å².